The minimum Gasteiger partial charge on any atom is -0.339 e. The van der Waals surface area contributed by atoms with E-state index in [1.807, 2.05) is 19.3 Å². The number of hydrogen-bond donors (Lipinski definition) is 1. The second kappa shape index (κ2) is 6.01. The smallest absolute Gasteiger partial charge is 0.263 e. The minimum atomic E-state index is -0.498. The quantitative estimate of drug-likeness (QED) is 0.914. The second-order valence-corrected chi connectivity index (χ2v) is 7.20. The summed E-state index contributed by atoms with van der Waals surface area (Å²) < 4.78 is 1.67. The van der Waals surface area contributed by atoms with Crippen molar-refractivity contribution in [3.8, 4) is 0 Å². The van der Waals surface area contributed by atoms with Gasteiger partial charge in [0.25, 0.3) is 11.8 Å². The number of thiazole rings is 1. The molecule has 0 aromatic carbocycles. The highest BCUT2D eigenvalue weighted by molar-refractivity contribution is 7.11. The summed E-state index contributed by atoms with van der Waals surface area (Å²) in [6.07, 6.45) is 5.50. The molecule has 3 heterocycles. The number of anilines is 1. The van der Waals surface area contributed by atoms with Gasteiger partial charge in [0.1, 0.15) is 10.9 Å². The minimum absolute atomic E-state index is 0.0919. The summed E-state index contributed by atoms with van der Waals surface area (Å²) in [7, 11) is 1.82. The van der Waals surface area contributed by atoms with E-state index in [4.69, 9.17) is 0 Å². The van der Waals surface area contributed by atoms with Gasteiger partial charge in [-0.1, -0.05) is 0 Å². The van der Waals surface area contributed by atoms with E-state index < -0.39 is 6.04 Å². The van der Waals surface area contributed by atoms with Crippen LogP contribution in [0.2, 0.25) is 0 Å². The summed E-state index contributed by atoms with van der Waals surface area (Å²) in [6, 6.07) is 1.32. The highest BCUT2D eigenvalue weighted by Gasteiger charge is 2.35. The Hall–Kier alpha value is -2.22. The lowest BCUT2D eigenvalue weighted by Gasteiger charge is -2.31. The molecule has 1 saturated carbocycles. The van der Waals surface area contributed by atoms with E-state index in [2.05, 4.69) is 15.4 Å². The fourth-order valence-corrected chi connectivity index (χ4v) is 3.86. The number of amides is 2. The zero-order chi connectivity index (χ0) is 16.7. The van der Waals surface area contributed by atoms with Crippen LogP contribution in [0.3, 0.4) is 0 Å². The lowest BCUT2D eigenvalue weighted by molar-refractivity contribution is -0.121. The van der Waals surface area contributed by atoms with Gasteiger partial charge in [0.15, 0.2) is 5.82 Å². The molecule has 2 aromatic rings. The summed E-state index contributed by atoms with van der Waals surface area (Å²) in [5.41, 5.74) is 2.60. The Kier molecular flexibility index (Phi) is 3.84. The van der Waals surface area contributed by atoms with Crippen molar-refractivity contribution < 1.29 is 9.59 Å². The fraction of sp³-hybridized carbons (Fsp3) is 0.500. The van der Waals surface area contributed by atoms with Gasteiger partial charge in [-0.2, -0.15) is 5.10 Å². The fourth-order valence-electron chi connectivity index (χ4n) is 3.08. The summed E-state index contributed by atoms with van der Waals surface area (Å²) in [4.78, 5) is 31.9. The van der Waals surface area contributed by atoms with Crippen molar-refractivity contribution in [1.82, 2.24) is 20.1 Å². The van der Waals surface area contributed by atoms with E-state index >= 15 is 0 Å². The first kappa shape index (κ1) is 15.3. The number of aryl methyl sites for hydroxylation is 1. The SMILES string of the molecule is Cn1ccc(N2CCCC(NC(=O)c3scnc3C3CC3)C2=O)n1. The lowest BCUT2D eigenvalue weighted by atomic mass is 10.0. The Morgan fingerprint density at radius 1 is 1.38 bits per heavy atom. The van der Waals surface area contributed by atoms with Gasteiger partial charge in [-0.3, -0.25) is 19.2 Å². The molecule has 0 bridgehead atoms. The number of rotatable bonds is 4. The zero-order valence-electron chi connectivity index (χ0n) is 13.4. The van der Waals surface area contributed by atoms with Crippen LogP contribution in [0.5, 0.6) is 0 Å². The maximum absolute atomic E-state index is 12.7. The van der Waals surface area contributed by atoms with Crippen LogP contribution in [0.1, 0.15) is 47.0 Å². The van der Waals surface area contributed by atoms with Crippen molar-refractivity contribution in [3.05, 3.63) is 28.3 Å². The molecule has 0 radical (unpaired) electrons. The van der Waals surface area contributed by atoms with E-state index in [9.17, 15) is 9.59 Å². The molecule has 4 rings (SSSR count). The van der Waals surface area contributed by atoms with Gasteiger partial charge in [0.05, 0.1) is 11.2 Å². The summed E-state index contributed by atoms with van der Waals surface area (Å²) in [5, 5.41) is 7.20. The third kappa shape index (κ3) is 2.82. The molecule has 1 unspecified atom stereocenters. The van der Waals surface area contributed by atoms with Crippen molar-refractivity contribution in [1.29, 1.82) is 0 Å². The highest BCUT2D eigenvalue weighted by Crippen LogP contribution is 2.41. The van der Waals surface area contributed by atoms with E-state index in [0.29, 0.717) is 29.6 Å². The Balaban J connectivity index is 1.48. The van der Waals surface area contributed by atoms with E-state index in [1.54, 1.807) is 15.1 Å². The van der Waals surface area contributed by atoms with Gasteiger partial charge in [-0.15, -0.1) is 11.3 Å². The van der Waals surface area contributed by atoms with Crippen LogP contribution in [0.25, 0.3) is 0 Å². The molecule has 1 saturated heterocycles. The normalized spacial score (nSPS) is 21.1. The molecule has 1 N–H and O–H groups in total. The molecule has 126 valence electrons. The van der Waals surface area contributed by atoms with Crippen LogP contribution in [-0.2, 0) is 11.8 Å². The lowest BCUT2D eigenvalue weighted by Crippen LogP contribution is -2.52. The van der Waals surface area contributed by atoms with Crippen molar-refractivity contribution in [2.24, 2.45) is 7.05 Å². The highest BCUT2D eigenvalue weighted by atomic mass is 32.1. The molecule has 1 aliphatic heterocycles. The average molecular weight is 345 g/mol. The number of nitrogens with zero attached hydrogens (tertiary/aromatic N) is 4. The van der Waals surface area contributed by atoms with Gasteiger partial charge < -0.3 is 5.32 Å². The van der Waals surface area contributed by atoms with Crippen LogP contribution in [-0.4, -0.2) is 39.2 Å². The number of hydrogen-bond acceptors (Lipinski definition) is 5. The summed E-state index contributed by atoms with van der Waals surface area (Å²) in [5.74, 6) is 0.786. The molecule has 24 heavy (non-hydrogen) atoms. The van der Waals surface area contributed by atoms with Crippen LogP contribution >= 0.6 is 11.3 Å². The molecule has 7 nitrogen and oxygen atoms in total. The van der Waals surface area contributed by atoms with Crippen LogP contribution in [0.4, 0.5) is 5.82 Å². The van der Waals surface area contributed by atoms with Gasteiger partial charge >= 0.3 is 0 Å². The Bertz CT molecular complexity index is 779. The van der Waals surface area contributed by atoms with E-state index in [-0.39, 0.29) is 11.8 Å². The van der Waals surface area contributed by atoms with Crippen LogP contribution < -0.4 is 10.2 Å². The monoisotopic (exact) mass is 345 g/mol. The molecular formula is C16H19N5O2S. The first-order chi connectivity index (χ1) is 11.6. The second-order valence-electron chi connectivity index (χ2n) is 6.35. The average Bonchev–Trinajstić information content (AvgIpc) is 3.13. The maximum atomic E-state index is 12.7. The van der Waals surface area contributed by atoms with Gasteiger partial charge in [0, 0.05) is 31.8 Å². The van der Waals surface area contributed by atoms with Crippen LogP contribution in [0.15, 0.2) is 17.8 Å². The van der Waals surface area contributed by atoms with Crippen molar-refractivity contribution in [3.63, 3.8) is 0 Å². The molecular weight excluding hydrogens is 326 g/mol. The number of carbonyl (C=O) groups is 2. The Labute approximate surface area is 143 Å². The Morgan fingerprint density at radius 3 is 2.92 bits per heavy atom. The standard InChI is InChI=1S/C16H19N5O2S/c1-20-8-6-12(19-20)21-7-2-3-11(16(21)23)18-15(22)14-13(10-4-5-10)17-9-24-14/h6,8-11H,2-5,7H2,1H3,(H,18,22). The maximum Gasteiger partial charge on any atom is 0.263 e. The topological polar surface area (TPSA) is 80.1 Å². The molecule has 1 atom stereocenters. The third-order valence-corrected chi connectivity index (χ3v) is 5.33. The first-order valence-electron chi connectivity index (χ1n) is 8.19. The zero-order valence-corrected chi connectivity index (χ0v) is 14.3. The predicted molar refractivity (Wildman–Crippen MR) is 90.1 cm³/mol. The first-order valence-corrected chi connectivity index (χ1v) is 9.06. The largest absolute Gasteiger partial charge is 0.339 e. The van der Waals surface area contributed by atoms with Gasteiger partial charge in [-0.05, 0) is 25.7 Å². The predicted octanol–water partition coefficient (Wildman–Crippen LogP) is 1.68. The summed E-state index contributed by atoms with van der Waals surface area (Å²) >= 11 is 1.35. The molecule has 2 aromatic heterocycles. The third-order valence-electron chi connectivity index (χ3n) is 4.49. The summed E-state index contributed by atoms with van der Waals surface area (Å²) in [6.45, 7) is 0.635. The molecule has 2 fully saturated rings. The molecule has 2 aliphatic rings. The molecule has 0 spiro atoms. The number of piperidine rings is 1. The van der Waals surface area contributed by atoms with Crippen LogP contribution in [0, 0.1) is 0 Å². The molecule has 8 heteroatoms. The molecule has 2 amide bonds. The van der Waals surface area contributed by atoms with Gasteiger partial charge in [0.2, 0.25) is 0 Å². The molecule has 1 aliphatic carbocycles. The number of nitrogens with one attached hydrogen (secondary N) is 1. The van der Waals surface area contributed by atoms with E-state index in [0.717, 1.165) is 25.0 Å². The number of aromatic nitrogens is 3. The van der Waals surface area contributed by atoms with Crippen molar-refractivity contribution >= 4 is 29.0 Å². The number of carbonyl (C=O) groups excluding carboxylic acids is 2. The van der Waals surface area contributed by atoms with E-state index in [1.165, 1.54) is 11.3 Å². The van der Waals surface area contributed by atoms with Gasteiger partial charge in [-0.25, -0.2) is 4.98 Å². The van der Waals surface area contributed by atoms with Crippen molar-refractivity contribution in [2.75, 3.05) is 11.4 Å². The van der Waals surface area contributed by atoms with Crippen molar-refractivity contribution in [2.45, 2.75) is 37.6 Å². The Morgan fingerprint density at radius 2 is 2.21 bits per heavy atom.